The third-order valence-electron chi connectivity index (χ3n) is 2.71. The van der Waals surface area contributed by atoms with Crippen molar-refractivity contribution in [1.29, 1.82) is 0 Å². The van der Waals surface area contributed by atoms with Gasteiger partial charge in [-0.15, -0.1) is 0 Å². The van der Waals surface area contributed by atoms with Crippen LogP contribution in [0.2, 0.25) is 0 Å². The molecule has 0 fully saturated rings. The van der Waals surface area contributed by atoms with E-state index in [2.05, 4.69) is 65.0 Å². The molecule has 0 amide bonds. The number of hydrogen-bond donors (Lipinski definition) is 1. The van der Waals surface area contributed by atoms with E-state index in [1.165, 1.54) is 5.56 Å². The molecule has 5 heteroatoms. The second kappa shape index (κ2) is 8.51. The number of aromatic nitrogens is 1. The second-order valence-electron chi connectivity index (χ2n) is 4.76. The summed E-state index contributed by atoms with van der Waals surface area (Å²) in [6.07, 6.45) is 2.11. The van der Waals surface area contributed by atoms with Crippen molar-refractivity contribution in [2.75, 3.05) is 31.6 Å². The standard InChI is InChI=1S/C14H24BrN3O/c1-5-16-9-12-8-13(15)10-17-14(12)18(4)6-7-19-11(2)3/h8,10-11,16H,5-7,9H2,1-4H3. The molecule has 0 spiro atoms. The number of ether oxygens (including phenoxy) is 1. The maximum absolute atomic E-state index is 5.58. The van der Waals surface area contributed by atoms with Crippen molar-refractivity contribution >= 4 is 21.7 Å². The number of nitrogens with zero attached hydrogens (tertiary/aromatic N) is 2. The van der Waals surface area contributed by atoms with E-state index < -0.39 is 0 Å². The van der Waals surface area contributed by atoms with E-state index in [1.807, 2.05) is 6.20 Å². The fourth-order valence-corrected chi connectivity index (χ4v) is 2.12. The highest BCUT2D eigenvalue weighted by Crippen LogP contribution is 2.20. The molecule has 0 radical (unpaired) electrons. The topological polar surface area (TPSA) is 37.4 Å². The molecule has 0 bridgehead atoms. The molecule has 0 saturated carbocycles. The number of hydrogen-bond acceptors (Lipinski definition) is 4. The van der Waals surface area contributed by atoms with Crippen LogP contribution in [0.15, 0.2) is 16.7 Å². The fraction of sp³-hybridized carbons (Fsp3) is 0.643. The third-order valence-corrected chi connectivity index (χ3v) is 3.15. The lowest BCUT2D eigenvalue weighted by molar-refractivity contribution is 0.0845. The first kappa shape index (κ1) is 16.4. The first-order valence-electron chi connectivity index (χ1n) is 6.72. The van der Waals surface area contributed by atoms with Crippen molar-refractivity contribution in [2.24, 2.45) is 0 Å². The first-order valence-corrected chi connectivity index (χ1v) is 7.51. The van der Waals surface area contributed by atoms with Crippen molar-refractivity contribution < 1.29 is 4.74 Å². The molecular weight excluding hydrogens is 306 g/mol. The van der Waals surface area contributed by atoms with Crippen LogP contribution in [0, 0.1) is 0 Å². The molecule has 1 rings (SSSR count). The minimum Gasteiger partial charge on any atom is -0.377 e. The zero-order chi connectivity index (χ0) is 14.3. The monoisotopic (exact) mass is 329 g/mol. The summed E-state index contributed by atoms with van der Waals surface area (Å²) in [6.45, 7) is 9.53. The molecule has 1 aromatic rings. The zero-order valence-electron chi connectivity index (χ0n) is 12.2. The maximum atomic E-state index is 5.58. The Balaban J connectivity index is 2.68. The summed E-state index contributed by atoms with van der Waals surface area (Å²) in [5.74, 6) is 1.01. The number of likely N-dealkylation sites (N-methyl/N-ethyl adjacent to an activating group) is 1. The summed E-state index contributed by atoms with van der Waals surface area (Å²) >= 11 is 3.48. The van der Waals surface area contributed by atoms with Crippen LogP contribution in [0.4, 0.5) is 5.82 Å². The van der Waals surface area contributed by atoms with Gasteiger partial charge in [0.1, 0.15) is 5.82 Å². The molecule has 0 saturated heterocycles. The van der Waals surface area contributed by atoms with E-state index in [0.717, 1.165) is 29.9 Å². The summed E-state index contributed by atoms with van der Waals surface area (Å²) in [5.41, 5.74) is 1.20. The smallest absolute Gasteiger partial charge is 0.132 e. The summed E-state index contributed by atoms with van der Waals surface area (Å²) < 4.78 is 6.59. The molecule has 1 N–H and O–H groups in total. The van der Waals surface area contributed by atoms with Gasteiger partial charge in [-0.2, -0.15) is 0 Å². The Bertz CT molecular complexity index is 385. The van der Waals surface area contributed by atoms with Gasteiger partial charge in [-0.1, -0.05) is 6.92 Å². The summed E-state index contributed by atoms with van der Waals surface area (Å²) in [7, 11) is 2.05. The van der Waals surface area contributed by atoms with Gasteiger partial charge in [0, 0.05) is 36.4 Å². The van der Waals surface area contributed by atoms with E-state index in [0.29, 0.717) is 6.61 Å². The second-order valence-corrected chi connectivity index (χ2v) is 5.67. The van der Waals surface area contributed by atoms with Crippen LogP contribution in [0.5, 0.6) is 0 Å². The van der Waals surface area contributed by atoms with Crippen LogP contribution >= 0.6 is 15.9 Å². The van der Waals surface area contributed by atoms with Gasteiger partial charge >= 0.3 is 0 Å². The molecule has 0 aliphatic rings. The Morgan fingerprint density at radius 1 is 1.47 bits per heavy atom. The van der Waals surface area contributed by atoms with Gasteiger partial charge in [0.15, 0.2) is 0 Å². The molecule has 1 heterocycles. The zero-order valence-corrected chi connectivity index (χ0v) is 13.8. The summed E-state index contributed by atoms with van der Waals surface area (Å²) in [5, 5.41) is 3.34. The van der Waals surface area contributed by atoms with E-state index in [4.69, 9.17) is 4.74 Å². The quantitative estimate of drug-likeness (QED) is 0.795. The lowest BCUT2D eigenvalue weighted by Gasteiger charge is -2.22. The van der Waals surface area contributed by atoms with E-state index in [9.17, 15) is 0 Å². The third kappa shape index (κ3) is 5.89. The van der Waals surface area contributed by atoms with Crippen molar-refractivity contribution in [3.05, 3.63) is 22.3 Å². The highest BCUT2D eigenvalue weighted by atomic mass is 79.9. The first-order chi connectivity index (χ1) is 9.04. The summed E-state index contributed by atoms with van der Waals surface area (Å²) in [4.78, 5) is 6.65. The Hall–Kier alpha value is -0.650. The van der Waals surface area contributed by atoms with Crippen LogP contribution < -0.4 is 10.2 Å². The van der Waals surface area contributed by atoms with Gasteiger partial charge in [-0.25, -0.2) is 4.98 Å². The van der Waals surface area contributed by atoms with Crippen LogP contribution in [0.3, 0.4) is 0 Å². The molecule has 0 atom stereocenters. The van der Waals surface area contributed by atoms with Crippen LogP contribution in [0.1, 0.15) is 26.3 Å². The molecule has 1 aromatic heterocycles. The normalized spacial score (nSPS) is 11.1. The molecule has 0 unspecified atom stereocenters. The van der Waals surface area contributed by atoms with Gasteiger partial charge in [0.05, 0.1) is 12.7 Å². The number of halogens is 1. The van der Waals surface area contributed by atoms with Crippen molar-refractivity contribution in [3.8, 4) is 0 Å². The summed E-state index contributed by atoms with van der Waals surface area (Å²) in [6, 6.07) is 2.12. The Morgan fingerprint density at radius 2 is 2.21 bits per heavy atom. The average Bonchev–Trinajstić information content (AvgIpc) is 2.35. The largest absolute Gasteiger partial charge is 0.377 e. The molecule has 108 valence electrons. The number of pyridine rings is 1. The lowest BCUT2D eigenvalue weighted by Crippen LogP contribution is -2.26. The SMILES string of the molecule is CCNCc1cc(Br)cnc1N(C)CCOC(C)C. The van der Waals surface area contributed by atoms with Crippen molar-refractivity contribution in [3.63, 3.8) is 0 Å². The lowest BCUT2D eigenvalue weighted by atomic mass is 10.2. The highest BCUT2D eigenvalue weighted by molar-refractivity contribution is 9.10. The Labute approximate surface area is 124 Å². The Kier molecular flexibility index (Phi) is 7.34. The molecular formula is C14H24BrN3O. The minimum atomic E-state index is 0.271. The minimum absolute atomic E-state index is 0.271. The molecule has 0 aliphatic carbocycles. The molecule has 19 heavy (non-hydrogen) atoms. The molecule has 0 aromatic carbocycles. The van der Waals surface area contributed by atoms with E-state index in [-0.39, 0.29) is 6.10 Å². The van der Waals surface area contributed by atoms with Crippen molar-refractivity contribution in [1.82, 2.24) is 10.3 Å². The van der Waals surface area contributed by atoms with Crippen LogP contribution in [0.25, 0.3) is 0 Å². The molecule has 0 aliphatic heterocycles. The van der Waals surface area contributed by atoms with Crippen LogP contribution in [-0.4, -0.2) is 37.8 Å². The van der Waals surface area contributed by atoms with Crippen molar-refractivity contribution in [2.45, 2.75) is 33.4 Å². The molecule has 4 nitrogen and oxygen atoms in total. The average molecular weight is 330 g/mol. The van der Waals surface area contributed by atoms with E-state index >= 15 is 0 Å². The Morgan fingerprint density at radius 3 is 2.84 bits per heavy atom. The number of anilines is 1. The number of nitrogens with one attached hydrogen (secondary N) is 1. The maximum Gasteiger partial charge on any atom is 0.132 e. The van der Waals surface area contributed by atoms with Gasteiger partial charge in [0.2, 0.25) is 0 Å². The van der Waals surface area contributed by atoms with Gasteiger partial charge < -0.3 is 15.0 Å². The predicted molar refractivity (Wildman–Crippen MR) is 83.7 cm³/mol. The number of rotatable bonds is 8. The van der Waals surface area contributed by atoms with Gasteiger partial charge in [0.25, 0.3) is 0 Å². The van der Waals surface area contributed by atoms with Gasteiger partial charge in [-0.05, 0) is 42.4 Å². The van der Waals surface area contributed by atoms with Gasteiger partial charge in [-0.3, -0.25) is 0 Å². The van der Waals surface area contributed by atoms with E-state index in [1.54, 1.807) is 0 Å². The predicted octanol–water partition coefficient (Wildman–Crippen LogP) is 2.81. The fourth-order valence-electron chi connectivity index (χ4n) is 1.74. The van der Waals surface area contributed by atoms with Crippen LogP contribution in [-0.2, 0) is 11.3 Å². The highest BCUT2D eigenvalue weighted by Gasteiger charge is 2.09.